The van der Waals surface area contributed by atoms with Crippen molar-refractivity contribution in [3.8, 4) is 0 Å². The third-order valence-corrected chi connectivity index (χ3v) is 7.14. The molecule has 0 saturated carbocycles. The van der Waals surface area contributed by atoms with Crippen LogP contribution < -0.4 is 5.32 Å². The molecule has 7 N–H and O–H groups in total. The summed E-state index contributed by atoms with van der Waals surface area (Å²) >= 11 is 0. The smallest absolute Gasteiger partial charge is 0.336 e. The lowest BCUT2D eigenvalue weighted by atomic mass is 9.98. The highest BCUT2D eigenvalue weighted by Crippen LogP contribution is 2.23. The zero-order valence-corrected chi connectivity index (χ0v) is 25.4. The molecule has 0 unspecified atom stereocenters. The summed E-state index contributed by atoms with van der Waals surface area (Å²) in [6.45, 7) is -3.10. The quantitative estimate of drug-likeness (QED) is 0.0780. The summed E-state index contributed by atoms with van der Waals surface area (Å²) < 4.78 is 0. The van der Waals surface area contributed by atoms with E-state index in [1.807, 2.05) is 0 Å². The van der Waals surface area contributed by atoms with Crippen molar-refractivity contribution in [2.24, 2.45) is 0 Å². The van der Waals surface area contributed by atoms with E-state index in [1.165, 1.54) is 11.0 Å². The number of carbonyl (C=O) groups is 7. The van der Waals surface area contributed by atoms with Crippen molar-refractivity contribution in [1.29, 1.82) is 0 Å². The highest BCUT2D eigenvalue weighted by Gasteiger charge is 2.28. The first-order valence-electron chi connectivity index (χ1n) is 14.5. The number of carboxylic acid groups (broad SMARTS) is 6. The SMILES string of the molecule is O=C(O)CN(CCN(CCN(CC(=O)O)CC(=O)O)[C@@H](CCCCNC(=O)c1c(C(=O)O)ccc2ccccc12)C(=O)O)CC(=O)O. The number of aromatic carboxylic acids is 1. The number of nitrogens with one attached hydrogen (secondary N) is 1. The minimum atomic E-state index is -1.30. The van der Waals surface area contributed by atoms with Crippen LogP contribution >= 0.6 is 0 Å². The Labute approximate surface area is 268 Å². The van der Waals surface area contributed by atoms with E-state index in [4.69, 9.17) is 20.4 Å². The number of carbonyl (C=O) groups excluding carboxylic acids is 1. The average molecular weight is 663 g/mol. The molecule has 1 amide bonds. The molecule has 17 heteroatoms. The van der Waals surface area contributed by atoms with E-state index in [-0.39, 0.29) is 63.1 Å². The topological polar surface area (TPSA) is 263 Å². The molecule has 1 atom stereocenters. The number of unbranched alkanes of at least 4 members (excludes halogenated alkanes) is 1. The first-order chi connectivity index (χ1) is 22.2. The van der Waals surface area contributed by atoms with Crippen LogP contribution in [0.4, 0.5) is 0 Å². The number of hydrogen-bond donors (Lipinski definition) is 7. The van der Waals surface area contributed by atoms with Gasteiger partial charge in [0, 0.05) is 32.7 Å². The number of rotatable bonds is 23. The molecule has 47 heavy (non-hydrogen) atoms. The summed E-state index contributed by atoms with van der Waals surface area (Å²) in [5.74, 6) is -8.39. The number of benzene rings is 2. The highest BCUT2D eigenvalue weighted by atomic mass is 16.4. The van der Waals surface area contributed by atoms with Crippen LogP contribution in [0, 0.1) is 0 Å². The van der Waals surface area contributed by atoms with Crippen molar-refractivity contribution in [2.75, 3.05) is 58.9 Å². The molecule has 0 aliphatic heterocycles. The Kier molecular flexibility index (Phi) is 15.2. The van der Waals surface area contributed by atoms with E-state index < -0.39 is 73.9 Å². The minimum absolute atomic E-state index is 0.00949. The van der Waals surface area contributed by atoms with E-state index in [0.717, 1.165) is 9.80 Å². The number of nitrogens with zero attached hydrogens (tertiary/aromatic N) is 3. The van der Waals surface area contributed by atoms with Gasteiger partial charge in [-0.2, -0.15) is 0 Å². The van der Waals surface area contributed by atoms with Crippen LogP contribution in [0.5, 0.6) is 0 Å². The third kappa shape index (κ3) is 13.0. The molecule has 0 aliphatic carbocycles. The molecule has 0 saturated heterocycles. The molecule has 2 aromatic rings. The Balaban J connectivity index is 2.15. The minimum Gasteiger partial charge on any atom is -0.480 e. The van der Waals surface area contributed by atoms with Crippen LogP contribution in [0.25, 0.3) is 10.8 Å². The molecular formula is C30H38N4O13. The largest absolute Gasteiger partial charge is 0.480 e. The zero-order valence-electron chi connectivity index (χ0n) is 25.4. The van der Waals surface area contributed by atoms with Gasteiger partial charge in [-0.1, -0.05) is 30.3 Å². The van der Waals surface area contributed by atoms with Crippen molar-refractivity contribution in [3.63, 3.8) is 0 Å². The predicted octanol–water partition coefficient (Wildman–Crippen LogP) is 0.136. The Morgan fingerprint density at radius 3 is 1.62 bits per heavy atom. The van der Waals surface area contributed by atoms with Crippen LogP contribution in [0.1, 0.15) is 40.0 Å². The number of amides is 1. The van der Waals surface area contributed by atoms with Crippen molar-refractivity contribution < 1.29 is 64.2 Å². The molecule has 0 aromatic heterocycles. The van der Waals surface area contributed by atoms with E-state index in [0.29, 0.717) is 10.8 Å². The molecule has 0 fully saturated rings. The predicted molar refractivity (Wildman–Crippen MR) is 164 cm³/mol. The fraction of sp³-hybridized carbons (Fsp3) is 0.433. The van der Waals surface area contributed by atoms with Gasteiger partial charge in [0.2, 0.25) is 0 Å². The second kappa shape index (κ2) is 18.7. The van der Waals surface area contributed by atoms with Gasteiger partial charge in [-0.15, -0.1) is 0 Å². The summed E-state index contributed by atoms with van der Waals surface area (Å²) in [6.07, 6.45) is 0.539. The van der Waals surface area contributed by atoms with Gasteiger partial charge in [0.05, 0.1) is 37.3 Å². The van der Waals surface area contributed by atoms with Gasteiger partial charge in [-0.05, 0) is 36.1 Å². The van der Waals surface area contributed by atoms with Gasteiger partial charge in [0.15, 0.2) is 0 Å². The Morgan fingerprint density at radius 1 is 0.638 bits per heavy atom. The Hall–Kier alpha value is -5.13. The highest BCUT2D eigenvalue weighted by molar-refractivity contribution is 6.14. The molecule has 2 aromatic carbocycles. The van der Waals surface area contributed by atoms with Crippen LogP contribution in [-0.4, -0.2) is 152 Å². The lowest BCUT2D eigenvalue weighted by Gasteiger charge is -2.32. The maximum absolute atomic E-state index is 13.0. The van der Waals surface area contributed by atoms with Gasteiger partial charge in [-0.25, -0.2) is 4.79 Å². The average Bonchev–Trinajstić information content (AvgIpc) is 2.97. The summed E-state index contributed by atoms with van der Waals surface area (Å²) in [5, 5.41) is 60.1. The Bertz CT molecular complexity index is 1390. The maximum Gasteiger partial charge on any atom is 0.336 e. The number of carboxylic acids is 6. The normalized spacial score (nSPS) is 11.9. The van der Waals surface area contributed by atoms with E-state index in [9.17, 15) is 43.8 Å². The molecular weight excluding hydrogens is 624 g/mol. The maximum atomic E-state index is 13.0. The standard InChI is InChI=1S/C30H38N4O13/c35-23(36)15-32(16-24(37)38)11-13-34(14-12-33(17-25(39)40)18-26(41)42)22(30(46)47)7-3-4-10-31-28(43)27-20-6-2-1-5-19(20)8-9-21(27)29(44)45/h1-2,5-6,8-9,22H,3-4,7,10-18H2,(H,31,43)(H,35,36)(H,37,38)(H,39,40)(H,41,42)(H,44,45)(H,46,47)/t22-/m0/s1. The number of aliphatic carboxylic acids is 5. The summed E-state index contributed by atoms with van der Waals surface area (Å²) in [7, 11) is 0. The van der Waals surface area contributed by atoms with E-state index in [2.05, 4.69) is 5.32 Å². The third-order valence-electron chi connectivity index (χ3n) is 7.14. The van der Waals surface area contributed by atoms with Crippen LogP contribution in [0.2, 0.25) is 0 Å². The van der Waals surface area contributed by atoms with Gasteiger partial charge < -0.3 is 36.0 Å². The Morgan fingerprint density at radius 2 is 1.15 bits per heavy atom. The molecule has 0 bridgehead atoms. The first kappa shape index (κ1) is 38.1. The van der Waals surface area contributed by atoms with Crippen LogP contribution in [0.15, 0.2) is 36.4 Å². The fourth-order valence-corrected chi connectivity index (χ4v) is 5.07. The zero-order chi connectivity index (χ0) is 35.1. The molecule has 0 aliphatic rings. The van der Waals surface area contributed by atoms with Crippen molar-refractivity contribution in [3.05, 3.63) is 47.5 Å². The molecule has 17 nitrogen and oxygen atoms in total. The number of hydrogen-bond acceptors (Lipinski definition) is 10. The molecule has 0 radical (unpaired) electrons. The second-order valence-electron chi connectivity index (χ2n) is 10.7. The van der Waals surface area contributed by atoms with Crippen molar-refractivity contribution >= 4 is 52.5 Å². The van der Waals surface area contributed by atoms with E-state index >= 15 is 0 Å². The summed E-state index contributed by atoms with van der Waals surface area (Å²) in [5.41, 5.74) is -0.188. The van der Waals surface area contributed by atoms with E-state index in [1.54, 1.807) is 30.3 Å². The van der Waals surface area contributed by atoms with Crippen molar-refractivity contribution in [2.45, 2.75) is 25.3 Å². The molecule has 256 valence electrons. The van der Waals surface area contributed by atoms with Gasteiger partial charge >= 0.3 is 35.8 Å². The summed E-state index contributed by atoms with van der Waals surface area (Å²) in [4.78, 5) is 85.7. The molecule has 0 spiro atoms. The molecule has 2 rings (SSSR count). The second-order valence-corrected chi connectivity index (χ2v) is 10.7. The van der Waals surface area contributed by atoms with Crippen LogP contribution in [0.3, 0.4) is 0 Å². The van der Waals surface area contributed by atoms with Gasteiger partial charge in [-0.3, -0.25) is 43.5 Å². The van der Waals surface area contributed by atoms with Crippen molar-refractivity contribution in [1.82, 2.24) is 20.0 Å². The first-order valence-corrected chi connectivity index (χ1v) is 14.5. The monoisotopic (exact) mass is 662 g/mol. The van der Waals surface area contributed by atoms with Gasteiger partial charge in [0.25, 0.3) is 5.91 Å². The van der Waals surface area contributed by atoms with Gasteiger partial charge in [0.1, 0.15) is 6.04 Å². The fourth-order valence-electron chi connectivity index (χ4n) is 5.07. The summed E-state index contributed by atoms with van der Waals surface area (Å²) in [6, 6.07) is 8.51. The van der Waals surface area contributed by atoms with Crippen LogP contribution in [-0.2, 0) is 24.0 Å². The lowest BCUT2D eigenvalue weighted by Crippen LogP contribution is -2.50. The lowest BCUT2D eigenvalue weighted by molar-refractivity contribution is -0.146. The molecule has 0 heterocycles. The number of fused-ring (bicyclic) bond motifs is 1.